The number of piperidine rings is 1. The molecule has 4 fully saturated rings. The monoisotopic (exact) mass is 361 g/mol. The average molecular weight is 362 g/mol. The maximum atomic E-state index is 13.6. The quantitative estimate of drug-likeness (QED) is 0.811. The van der Waals surface area contributed by atoms with Crippen LogP contribution in [0.25, 0.3) is 0 Å². The van der Waals surface area contributed by atoms with Crippen molar-refractivity contribution in [2.45, 2.75) is 84.5 Å². The molecule has 1 saturated carbocycles. The molecule has 6 atom stereocenters. The van der Waals surface area contributed by atoms with Gasteiger partial charge in [0, 0.05) is 11.5 Å². The van der Waals surface area contributed by atoms with E-state index in [-0.39, 0.29) is 11.5 Å². The number of fused-ring (bicyclic) bond motifs is 3. The van der Waals surface area contributed by atoms with Crippen molar-refractivity contribution in [1.29, 1.82) is 0 Å². The molecule has 0 amide bonds. The predicted molar refractivity (Wildman–Crippen MR) is 106 cm³/mol. The largest absolute Gasteiger partial charge is 0.316 e. The second kappa shape index (κ2) is 7.18. The molecule has 0 aromatic carbocycles. The lowest BCUT2D eigenvalue weighted by Gasteiger charge is -2.41. The number of ketones is 1. The van der Waals surface area contributed by atoms with E-state index in [9.17, 15) is 4.79 Å². The number of carbonyl (C=O) groups excluding carboxylic acids is 1. The first-order valence-electron chi connectivity index (χ1n) is 11.2. The second-order valence-corrected chi connectivity index (χ2v) is 10.3. The minimum absolute atomic E-state index is 0.119. The predicted octanol–water partition coefficient (Wildman–Crippen LogP) is 3.03. The second-order valence-electron chi connectivity index (χ2n) is 10.3. The molecule has 4 aliphatic rings. The molecule has 4 nitrogen and oxygen atoms in total. The Morgan fingerprint density at radius 1 is 1.08 bits per heavy atom. The first kappa shape index (κ1) is 18.9. The van der Waals surface area contributed by atoms with Crippen LogP contribution in [-0.4, -0.2) is 48.6 Å². The molecule has 3 aliphatic heterocycles. The Hall–Kier alpha value is -0.450. The molecule has 0 aromatic rings. The fourth-order valence-corrected chi connectivity index (χ4v) is 6.73. The Morgan fingerprint density at radius 3 is 2.46 bits per heavy atom. The average Bonchev–Trinajstić information content (AvgIpc) is 3.14. The number of carbonyl (C=O) groups is 1. The summed E-state index contributed by atoms with van der Waals surface area (Å²) in [5.74, 6) is 3.12. The van der Waals surface area contributed by atoms with Crippen molar-refractivity contribution in [3.63, 3.8) is 0 Å². The maximum Gasteiger partial charge on any atom is 0.155 e. The molecular weight excluding hydrogens is 322 g/mol. The molecule has 0 radical (unpaired) electrons. The highest BCUT2D eigenvalue weighted by atomic mass is 16.1. The van der Waals surface area contributed by atoms with Gasteiger partial charge in [0.2, 0.25) is 0 Å². The van der Waals surface area contributed by atoms with E-state index in [0.29, 0.717) is 35.7 Å². The van der Waals surface area contributed by atoms with Crippen molar-refractivity contribution < 1.29 is 4.79 Å². The van der Waals surface area contributed by atoms with Crippen LogP contribution in [0.4, 0.5) is 0 Å². The minimum Gasteiger partial charge on any atom is -0.316 e. The summed E-state index contributed by atoms with van der Waals surface area (Å²) in [6.07, 6.45) is 8.44. The van der Waals surface area contributed by atoms with E-state index in [1.807, 2.05) is 0 Å². The number of likely N-dealkylation sites (tertiary alicyclic amines) is 1. The van der Waals surface area contributed by atoms with Crippen LogP contribution in [0, 0.1) is 29.1 Å². The van der Waals surface area contributed by atoms with Crippen molar-refractivity contribution >= 4 is 5.78 Å². The lowest BCUT2D eigenvalue weighted by atomic mass is 9.66. The van der Waals surface area contributed by atoms with E-state index in [2.05, 4.69) is 43.2 Å². The summed E-state index contributed by atoms with van der Waals surface area (Å²) in [5.41, 5.74) is -0.256. The molecule has 2 N–H and O–H groups in total. The number of nitrogens with zero attached hydrogens (tertiary/aromatic N) is 1. The van der Waals surface area contributed by atoms with Crippen molar-refractivity contribution in [2.24, 2.45) is 29.1 Å². The van der Waals surface area contributed by atoms with Gasteiger partial charge >= 0.3 is 0 Å². The molecule has 0 aromatic heterocycles. The third kappa shape index (κ3) is 3.06. The van der Waals surface area contributed by atoms with E-state index in [0.717, 1.165) is 25.6 Å². The number of likely N-dealkylation sites (N-methyl/N-ethyl adjacent to an activating group) is 1. The topological polar surface area (TPSA) is 44.4 Å². The third-order valence-corrected chi connectivity index (χ3v) is 7.86. The van der Waals surface area contributed by atoms with Crippen LogP contribution in [0.15, 0.2) is 0 Å². The number of hydrogen-bond acceptors (Lipinski definition) is 4. The molecule has 3 saturated heterocycles. The van der Waals surface area contributed by atoms with E-state index in [1.165, 1.54) is 38.5 Å². The molecule has 6 unspecified atom stereocenters. The van der Waals surface area contributed by atoms with Gasteiger partial charge in [-0.05, 0) is 49.7 Å². The highest BCUT2D eigenvalue weighted by Crippen LogP contribution is 2.52. The normalized spacial score (nSPS) is 41.8. The van der Waals surface area contributed by atoms with E-state index < -0.39 is 0 Å². The summed E-state index contributed by atoms with van der Waals surface area (Å²) in [6.45, 7) is 11.9. The Labute approximate surface area is 159 Å². The molecule has 26 heavy (non-hydrogen) atoms. The number of hydrogen-bond donors (Lipinski definition) is 2. The van der Waals surface area contributed by atoms with Crippen molar-refractivity contribution in [3.05, 3.63) is 0 Å². The Balaban J connectivity index is 1.71. The van der Waals surface area contributed by atoms with Gasteiger partial charge in [0.05, 0.1) is 12.2 Å². The molecule has 3 heterocycles. The fourth-order valence-electron chi connectivity index (χ4n) is 6.73. The summed E-state index contributed by atoms with van der Waals surface area (Å²) in [4.78, 5) is 16.2. The molecule has 4 heteroatoms. The lowest BCUT2D eigenvalue weighted by molar-refractivity contribution is -0.133. The SMILES string of the molecule is CCN1C2NC3CCNCC3C2C(C2CCCCC2)C1C(=O)C(C)(C)C. The number of rotatable bonds is 3. The van der Waals surface area contributed by atoms with Gasteiger partial charge in [0.15, 0.2) is 5.78 Å². The van der Waals surface area contributed by atoms with Gasteiger partial charge in [-0.15, -0.1) is 0 Å². The first-order chi connectivity index (χ1) is 12.4. The van der Waals surface area contributed by atoms with Crippen molar-refractivity contribution in [2.75, 3.05) is 19.6 Å². The Kier molecular flexibility index (Phi) is 5.22. The fraction of sp³-hybridized carbons (Fsp3) is 0.955. The summed E-state index contributed by atoms with van der Waals surface area (Å²) in [6, 6.07) is 0.769. The van der Waals surface area contributed by atoms with Crippen LogP contribution < -0.4 is 10.6 Å². The first-order valence-corrected chi connectivity index (χ1v) is 11.2. The highest BCUT2D eigenvalue weighted by molar-refractivity contribution is 5.89. The standard InChI is InChI=1S/C22H39N3O/c1-5-25-19(20(26)22(2,3)4)17(14-9-7-6-8-10-14)18-15-13-23-12-11-16(15)24-21(18)25/h14-19,21,23-24H,5-13H2,1-4H3. The van der Waals surface area contributed by atoms with Crippen LogP contribution in [0.5, 0.6) is 0 Å². The van der Waals surface area contributed by atoms with Gasteiger partial charge in [-0.2, -0.15) is 0 Å². The van der Waals surface area contributed by atoms with Crippen LogP contribution >= 0.6 is 0 Å². The summed E-state index contributed by atoms with van der Waals surface area (Å²) >= 11 is 0. The van der Waals surface area contributed by atoms with Crippen molar-refractivity contribution in [1.82, 2.24) is 15.5 Å². The summed E-state index contributed by atoms with van der Waals surface area (Å²) in [5, 5.41) is 7.65. The highest BCUT2D eigenvalue weighted by Gasteiger charge is 2.61. The van der Waals surface area contributed by atoms with Crippen LogP contribution in [0.1, 0.15) is 66.2 Å². The molecule has 0 bridgehead atoms. The Morgan fingerprint density at radius 2 is 1.81 bits per heavy atom. The van der Waals surface area contributed by atoms with Gasteiger partial charge in [0.25, 0.3) is 0 Å². The van der Waals surface area contributed by atoms with Gasteiger partial charge in [-0.3, -0.25) is 15.0 Å². The zero-order valence-electron chi connectivity index (χ0n) is 17.3. The summed E-state index contributed by atoms with van der Waals surface area (Å²) < 4.78 is 0. The molecular formula is C22H39N3O. The van der Waals surface area contributed by atoms with Gasteiger partial charge in [-0.25, -0.2) is 0 Å². The molecule has 1 aliphatic carbocycles. The third-order valence-electron chi connectivity index (χ3n) is 7.86. The molecule has 0 spiro atoms. The van der Waals surface area contributed by atoms with E-state index in [4.69, 9.17) is 0 Å². The van der Waals surface area contributed by atoms with E-state index >= 15 is 0 Å². The minimum atomic E-state index is -0.256. The van der Waals surface area contributed by atoms with Crippen LogP contribution in [-0.2, 0) is 4.79 Å². The molecule has 148 valence electrons. The van der Waals surface area contributed by atoms with Crippen molar-refractivity contribution in [3.8, 4) is 0 Å². The lowest BCUT2D eigenvalue weighted by Crippen LogP contribution is -2.53. The van der Waals surface area contributed by atoms with Crippen LogP contribution in [0.3, 0.4) is 0 Å². The number of nitrogens with one attached hydrogen (secondary N) is 2. The zero-order valence-corrected chi connectivity index (χ0v) is 17.3. The number of Topliss-reactive ketones (excluding diaryl/α,β-unsaturated/α-hetero) is 1. The smallest absolute Gasteiger partial charge is 0.155 e. The zero-order chi connectivity index (χ0) is 18.5. The Bertz CT molecular complexity index is 522. The maximum absolute atomic E-state index is 13.6. The van der Waals surface area contributed by atoms with Gasteiger partial charge in [0.1, 0.15) is 0 Å². The van der Waals surface area contributed by atoms with E-state index in [1.54, 1.807) is 0 Å². The van der Waals surface area contributed by atoms with Gasteiger partial charge < -0.3 is 5.32 Å². The summed E-state index contributed by atoms with van der Waals surface area (Å²) in [7, 11) is 0. The van der Waals surface area contributed by atoms with Crippen LogP contribution in [0.2, 0.25) is 0 Å². The molecule has 4 rings (SSSR count). The van der Waals surface area contributed by atoms with Gasteiger partial charge in [-0.1, -0.05) is 59.8 Å².